The Balaban J connectivity index is 0.00000192. The van der Waals surface area contributed by atoms with E-state index in [4.69, 9.17) is 11.6 Å². The predicted octanol–water partition coefficient (Wildman–Crippen LogP) is 5.01. The fourth-order valence-electron chi connectivity index (χ4n) is 2.07. The number of halogens is 2. The van der Waals surface area contributed by atoms with Crippen molar-refractivity contribution in [2.75, 3.05) is 0 Å². The standard InChI is InChI=1S/C17H14ClN3S.BrH/c1-13-12-22-17(21(13)15-8-3-2-4-9-15)20-19-11-14-7-5-6-10-16(14)18;/h2-12H,1H3;1H. The molecule has 0 spiro atoms. The largest absolute Gasteiger partial charge is 0.288 e. The van der Waals surface area contributed by atoms with E-state index in [1.54, 1.807) is 17.6 Å². The van der Waals surface area contributed by atoms with Crippen LogP contribution in [0.15, 0.2) is 70.2 Å². The second-order valence-electron chi connectivity index (χ2n) is 4.70. The minimum absolute atomic E-state index is 0. The molecule has 2 aromatic carbocycles. The highest BCUT2D eigenvalue weighted by atomic mass is 79.9. The third kappa shape index (κ3) is 4.19. The minimum Gasteiger partial charge on any atom is -0.288 e. The quantitative estimate of drug-likeness (QED) is 0.430. The van der Waals surface area contributed by atoms with E-state index in [0.717, 1.165) is 21.7 Å². The lowest BCUT2D eigenvalue weighted by molar-refractivity contribution is 0.927. The monoisotopic (exact) mass is 407 g/mol. The molecule has 1 heterocycles. The van der Waals surface area contributed by atoms with Gasteiger partial charge in [0, 0.05) is 27.3 Å². The summed E-state index contributed by atoms with van der Waals surface area (Å²) >= 11 is 7.66. The van der Waals surface area contributed by atoms with Gasteiger partial charge in [-0.05, 0) is 25.1 Å². The van der Waals surface area contributed by atoms with E-state index in [9.17, 15) is 0 Å². The molecule has 0 atom stereocenters. The fraction of sp³-hybridized carbons (Fsp3) is 0.0588. The van der Waals surface area contributed by atoms with Gasteiger partial charge in [-0.2, -0.15) is 5.10 Å². The van der Waals surface area contributed by atoms with Crippen LogP contribution >= 0.6 is 39.9 Å². The second kappa shape index (κ2) is 8.24. The minimum atomic E-state index is 0. The number of nitrogens with zero attached hydrogens (tertiary/aromatic N) is 3. The zero-order chi connectivity index (χ0) is 15.4. The maximum atomic E-state index is 6.10. The zero-order valence-electron chi connectivity index (χ0n) is 12.4. The van der Waals surface area contributed by atoms with Gasteiger partial charge in [-0.15, -0.1) is 33.4 Å². The van der Waals surface area contributed by atoms with Crippen LogP contribution in [0, 0.1) is 6.92 Å². The van der Waals surface area contributed by atoms with Crippen LogP contribution in [0.2, 0.25) is 5.02 Å². The number of benzene rings is 2. The van der Waals surface area contributed by atoms with Gasteiger partial charge in [0.2, 0.25) is 4.80 Å². The average Bonchev–Trinajstić information content (AvgIpc) is 2.91. The zero-order valence-corrected chi connectivity index (χ0v) is 15.7. The van der Waals surface area contributed by atoms with Gasteiger partial charge in [0.15, 0.2) is 0 Å². The molecule has 23 heavy (non-hydrogen) atoms. The first-order valence-corrected chi connectivity index (χ1v) is 8.05. The molecule has 0 aliphatic carbocycles. The summed E-state index contributed by atoms with van der Waals surface area (Å²) in [7, 11) is 0. The Labute approximate surface area is 154 Å². The number of rotatable bonds is 3. The first-order chi connectivity index (χ1) is 10.8. The maximum absolute atomic E-state index is 6.10. The molecule has 0 unspecified atom stereocenters. The summed E-state index contributed by atoms with van der Waals surface area (Å²) in [6.45, 7) is 2.06. The van der Waals surface area contributed by atoms with Crippen LogP contribution in [0.25, 0.3) is 5.69 Å². The Hall–Kier alpha value is -1.69. The molecule has 0 radical (unpaired) electrons. The maximum Gasteiger partial charge on any atom is 0.215 e. The normalized spacial score (nSPS) is 11.7. The highest BCUT2D eigenvalue weighted by molar-refractivity contribution is 8.93. The molecule has 0 saturated heterocycles. The van der Waals surface area contributed by atoms with E-state index in [-0.39, 0.29) is 17.0 Å². The predicted molar refractivity (Wildman–Crippen MR) is 103 cm³/mol. The van der Waals surface area contributed by atoms with Gasteiger partial charge in [-0.1, -0.05) is 48.0 Å². The van der Waals surface area contributed by atoms with Gasteiger partial charge in [-0.3, -0.25) is 4.57 Å². The molecule has 0 aliphatic rings. The molecule has 3 rings (SSSR count). The summed E-state index contributed by atoms with van der Waals surface area (Å²) in [5.74, 6) is 0. The van der Waals surface area contributed by atoms with Crippen LogP contribution in [0.1, 0.15) is 11.3 Å². The van der Waals surface area contributed by atoms with Crippen molar-refractivity contribution in [3.05, 3.63) is 81.1 Å². The third-order valence-electron chi connectivity index (χ3n) is 3.14. The smallest absolute Gasteiger partial charge is 0.215 e. The lowest BCUT2D eigenvalue weighted by atomic mass is 10.2. The number of aryl methyl sites for hydroxylation is 1. The van der Waals surface area contributed by atoms with E-state index in [2.05, 4.69) is 39.2 Å². The second-order valence-corrected chi connectivity index (χ2v) is 5.94. The van der Waals surface area contributed by atoms with Gasteiger partial charge in [0.05, 0.1) is 6.21 Å². The number of aromatic nitrogens is 1. The van der Waals surface area contributed by atoms with Gasteiger partial charge < -0.3 is 0 Å². The first-order valence-electron chi connectivity index (χ1n) is 6.80. The van der Waals surface area contributed by atoms with Crippen molar-refractivity contribution >= 4 is 46.1 Å². The van der Waals surface area contributed by atoms with Crippen molar-refractivity contribution in [1.29, 1.82) is 0 Å². The first kappa shape index (κ1) is 17.7. The van der Waals surface area contributed by atoms with E-state index >= 15 is 0 Å². The topological polar surface area (TPSA) is 29.6 Å². The van der Waals surface area contributed by atoms with Crippen LogP contribution in [-0.4, -0.2) is 10.8 Å². The molecule has 0 fully saturated rings. The summed E-state index contributed by atoms with van der Waals surface area (Å²) in [6, 6.07) is 17.7. The molecule has 0 amide bonds. The van der Waals surface area contributed by atoms with Crippen LogP contribution in [-0.2, 0) is 0 Å². The highest BCUT2D eigenvalue weighted by Crippen LogP contribution is 2.13. The number of para-hydroxylation sites is 1. The Bertz CT molecular complexity index is 869. The number of hydrogen-bond donors (Lipinski definition) is 0. The molecule has 118 valence electrons. The molecule has 3 aromatic rings. The van der Waals surface area contributed by atoms with Gasteiger partial charge in [0.1, 0.15) is 0 Å². The van der Waals surface area contributed by atoms with Gasteiger partial charge in [-0.25, -0.2) is 0 Å². The molecule has 3 nitrogen and oxygen atoms in total. The van der Waals surface area contributed by atoms with Gasteiger partial charge >= 0.3 is 0 Å². The molecular weight excluding hydrogens is 394 g/mol. The molecule has 0 aliphatic heterocycles. The Morgan fingerprint density at radius 2 is 1.74 bits per heavy atom. The van der Waals surface area contributed by atoms with Crippen molar-refractivity contribution in [2.45, 2.75) is 6.92 Å². The van der Waals surface area contributed by atoms with E-state index < -0.39 is 0 Å². The number of hydrogen-bond acceptors (Lipinski definition) is 3. The summed E-state index contributed by atoms with van der Waals surface area (Å²) in [5.41, 5.74) is 3.06. The average molecular weight is 409 g/mol. The Morgan fingerprint density at radius 3 is 2.48 bits per heavy atom. The van der Waals surface area contributed by atoms with E-state index in [0.29, 0.717) is 5.02 Å². The molecule has 0 saturated carbocycles. The van der Waals surface area contributed by atoms with Crippen molar-refractivity contribution in [3.63, 3.8) is 0 Å². The van der Waals surface area contributed by atoms with E-state index in [1.165, 1.54) is 0 Å². The molecule has 1 aromatic heterocycles. The highest BCUT2D eigenvalue weighted by Gasteiger charge is 2.03. The van der Waals surface area contributed by atoms with Crippen LogP contribution in [0.4, 0.5) is 0 Å². The van der Waals surface area contributed by atoms with E-state index in [1.807, 2.05) is 42.5 Å². The number of thiazole rings is 1. The van der Waals surface area contributed by atoms with Crippen LogP contribution < -0.4 is 4.80 Å². The van der Waals surface area contributed by atoms with Crippen molar-refractivity contribution in [2.24, 2.45) is 10.2 Å². The molecular formula is C17H15BrClN3S. The van der Waals surface area contributed by atoms with Crippen molar-refractivity contribution < 1.29 is 0 Å². The summed E-state index contributed by atoms with van der Waals surface area (Å²) < 4.78 is 2.08. The van der Waals surface area contributed by atoms with Crippen LogP contribution in [0.5, 0.6) is 0 Å². The van der Waals surface area contributed by atoms with Gasteiger partial charge in [0.25, 0.3) is 0 Å². The lowest BCUT2D eigenvalue weighted by Crippen LogP contribution is -2.13. The van der Waals surface area contributed by atoms with Crippen LogP contribution in [0.3, 0.4) is 0 Å². The Morgan fingerprint density at radius 1 is 1.04 bits per heavy atom. The Kier molecular flexibility index (Phi) is 6.33. The summed E-state index contributed by atoms with van der Waals surface area (Å²) in [5, 5.41) is 11.2. The summed E-state index contributed by atoms with van der Waals surface area (Å²) in [6.07, 6.45) is 1.67. The van der Waals surface area contributed by atoms with Crippen molar-refractivity contribution in [3.8, 4) is 5.69 Å². The summed E-state index contributed by atoms with van der Waals surface area (Å²) in [4.78, 5) is 0.826. The lowest BCUT2D eigenvalue weighted by Gasteiger charge is -2.04. The fourth-order valence-corrected chi connectivity index (χ4v) is 3.09. The van der Waals surface area contributed by atoms with Crippen molar-refractivity contribution in [1.82, 2.24) is 4.57 Å². The molecule has 6 heteroatoms. The SMILES string of the molecule is Br.Cc1csc(=NN=Cc2ccccc2Cl)n1-c1ccccc1. The molecule has 0 bridgehead atoms. The molecule has 0 N–H and O–H groups in total. The third-order valence-corrected chi connectivity index (χ3v) is 4.42.